The smallest absolute Gasteiger partial charge is 0.246 e. The Bertz CT molecular complexity index is 350. The quantitative estimate of drug-likeness (QED) is 0.872. The van der Waals surface area contributed by atoms with Crippen LogP contribution in [0.3, 0.4) is 0 Å². The first-order valence-corrected chi connectivity index (χ1v) is 6.73. The van der Waals surface area contributed by atoms with Gasteiger partial charge in [0.15, 0.2) is 0 Å². The maximum absolute atomic E-state index is 5.98. The SMILES string of the molecule is CCN(CC)c1nc(N)n(C2CCCCC2)n1. The van der Waals surface area contributed by atoms with E-state index in [2.05, 4.69) is 28.8 Å². The minimum atomic E-state index is 0.459. The van der Waals surface area contributed by atoms with Crippen LogP contribution in [0.15, 0.2) is 0 Å². The van der Waals surface area contributed by atoms with Crippen molar-refractivity contribution in [3.8, 4) is 0 Å². The maximum atomic E-state index is 5.98. The van der Waals surface area contributed by atoms with Crippen LogP contribution in [0.25, 0.3) is 0 Å². The molecule has 5 heteroatoms. The van der Waals surface area contributed by atoms with Gasteiger partial charge in [-0.05, 0) is 26.7 Å². The number of hydrogen-bond acceptors (Lipinski definition) is 4. The molecular formula is C12H23N5. The minimum absolute atomic E-state index is 0.459. The molecule has 1 aromatic heterocycles. The van der Waals surface area contributed by atoms with Crippen molar-refractivity contribution in [3.05, 3.63) is 0 Å². The number of anilines is 2. The van der Waals surface area contributed by atoms with Crippen LogP contribution in [0, 0.1) is 0 Å². The zero-order valence-corrected chi connectivity index (χ0v) is 10.9. The fourth-order valence-corrected chi connectivity index (χ4v) is 2.56. The van der Waals surface area contributed by atoms with Gasteiger partial charge in [0.1, 0.15) is 0 Å². The maximum Gasteiger partial charge on any atom is 0.246 e. The van der Waals surface area contributed by atoms with Crippen LogP contribution in [0.1, 0.15) is 52.0 Å². The average molecular weight is 237 g/mol. The van der Waals surface area contributed by atoms with Gasteiger partial charge in [-0.3, -0.25) is 0 Å². The number of rotatable bonds is 4. The van der Waals surface area contributed by atoms with Crippen LogP contribution in [0.4, 0.5) is 11.9 Å². The van der Waals surface area contributed by atoms with E-state index in [4.69, 9.17) is 5.73 Å². The van der Waals surface area contributed by atoms with E-state index in [1.165, 1.54) is 32.1 Å². The van der Waals surface area contributed by atoms with E-state index in [1.807, 2.05) is 4.68 Å². The third kappa shape index (κ3) is 2.53. The van der Waals surface area contributed by atoms with E-state index in [-0.39, 0.29) is 0 Å². The summed E-state index contributed by atoms with van der Waals surface area (Å²) < 4.78 is 1.94. The summed E-state index contributed by atoms with van der Waals surface area (Å²) in [5.41, 5.74) is 5.98. The normalized spacial score (nSPS) is 17.3. The van der Waals surface area contributed by atoms with Crippen molar-refractivity contribution in [2.24, 2.45) is 0 Å². The number of hydrogen-bond donors (Lipinski definition) is 1. The molecule has 5 nitrogen and oxygen atoms in total. The van der Waals surface area contributed by atoms with E-state index in [1.54, 1.807) is 0 Å². The second-order valence-electron chi connectivity index (χ2n) is 4.68. The van der Waals surface area contributed by atoms with Gasteiger partial charge in [0.25, 0.3) is 0 Å². The standard InChI is InChI=1S/C12H23N5/c1-3-16(4-2)12-14-11(13)17(15-12)10-8-6-5-7-9-10/h10H,3-9H2,1-2H3,(H2,13,14,15). The molecule has 0 aliphatic heterocycles. The monoisotopic (exact) mass is 237 g/mol. The lowest BCUT2D eigenvalue weighted by Crippen LogP contribution is -2.23. The van der Waals surface area contributed by atoms with Crippen LogP contribution in [-0.2, 0) is 0 Å². The number of aromatic nitrogens is 3. The zero-order chi connectivity index (χ0) is 12.3. The number of nitrogens with zero attached hydrogens (tertiary/aromatic N) is 4. The van der Waals surface area contributed by atoms with Crippen molar-refractivity contribution >= 4 is 11.9 Å². The molecule has 0 saturated heterocycles. The minimum Gasteiger partial charge on any atom is -0.368 e. The van der Waals surface area contributed by atoms with Gasteiger partial charge in [-0.25, -0.2) is 4.68 Å². The Kier molecular flexibility index (Phi) is 3.86. The molecule has 2 rings (SSSR count). The van der Waals surface area contributed by atoms with Crippen molar-refractivity contribution < 1.29 is 0 Å². The van der Waals surface area contributed by atoms with Crippen LogP contribution in [-0.4, -0.2) is 27.9 Å². The molecule has 0 aromatic carbocycles. The van der Waals surface area contributed by atoms with Crippen molar-refractivity contribution in [1.82, 2.24) is 14.8 Å². The molecule has 1 aliphatic rings. The molecular weight excluding hydrogens is 214 g/mol. The molecule has 17 heavy (non-hydrogen) atoms. The predicted octanol–water partition coefficient (Wildman–Crippen LogP) is 2.21. The van der Waals surface area contributed by atoms with Crippen molar-refractivity contribution in [1.29, 1.82) is 0 Å². The third-order valence-corrected chi connectivity index (χ3v) is 3.61. The predicted molar refractivity (Wildman–Crippen MR) is 70.1 cm³/mol. The summed E-state index contributed by atoms with van der Waals surface area (Å²) in [6.07, 6.45) is 6.28. The summed E-state index contributed by atoms with van der Waals surface area (Å²) in [6.45, 7) is 6.07. The van der Waals surface area contributed by atoms with Crippen LogP contribution in [0.2, 0.25) is 0 Å². The summed E-state index contributed by atoms with van der Waals surface area (Å²) >= 11 is 0. The highest BCUT2D eigenvalue weighted by Crippen LogP contribution is 2.29. The lowest BCUT2D eigenvalue weighted by atomic mass is 9.96. The Morgan fingerprint density at radius 3 is 2.47 bits per heavy atom. The number of nitrogens with two attached hydrogens (primary N) is 1. The fourth-order valence-electron chi connectivity index (χ4n) is 2.56. The molecule has 2 N–H and O–H groups in total. The molecule has 0 atom stereocenters. The zero-order valence-electron chi connectivity index (χ0n) is 10.9. The molecule has 1 aliphatic carbocycles. The van der Waals surface area contributed by atoms with E-state index in [9.17, 15) is 0 Å². The van der Waals surface area contributed by atoms with Crippen molar-refractivity contribution in [2.45, 2.75) is 52.0 Å². The number of nitrogen functional groups attached to an aromatic ring is 1. The Balaban J connectivity index is 2.17. The fraction of sp³-hybridized carbons (Fsp3) is 0.833. The van der Waals surface area contributed by atoms with Gasteiger partial charge in [-0.15, -0.1) is 5.10 Å². The van der Waals surface area contributed by atoms with Crippen LogP contribution in [0.5, 0.6) is 0 Å². The van der Waals surface area contributed by atoms with Crippen molar-refractivity contribution in [3.63, 3.8) is 0 Å². The second kappa shape index (κ2) is 5.38. The van der Waals surface area contributed by atoms with Gasteiger partial charge in [0.05, 0.1) is 6.04 Å². The summed E-state index contributed by atoms with van der Waals surface area (Å²) in [5.74, 6) is 1.34. The molecule has 0 bridgehead atoms. The van der Waals surface area contributed by atoms with Gasteiger partial charge in [-0.2, -0.15) is 4.98 Å². The van der Waals surface area contributed by atoms with Gasteiger partial charge in [-0.1, -0.05) is 19.3 Å². The average Bonchev–Trinajstić information content (AvgIpc) is 2.74. The van der Waals surface area contributed by atoms with E-state index < -0.39 is 0 Å². The Labute approximate surface area is 103 Å². The van der Waals surface area contributed by atoms with Gasteiger partial charge in [0, 0.05) is 13.1 Å². The summed E-state index contributed by atoms with van der Waals surface area (Å²) in [5, 5.41) is 4.58. The van der Waals surface area contributed by atoms with Crippen LogP contribution < -0.4 is 10.6 Å². The first kappa shape index (κ1) is 12.2. The molecule has 0 spiro atoms. The Hall–Kier alpha value is -1.26. The highest BCUT2D eigenvalue weighted by Gasteiger charge is 2.20. The van der Waals surface area contributed by atoms with E-state index in [0.29, 0.717) is 12.0 Å². The molecule has 96 valence electrons. The highest BCUT2D eigenvalue weighted by molar-refractivity contribution is 5.34. The topological polar surface area (TPSA) is 60.0 Å². The van der Waals surface area contributed by atoms with Crippen molar-refractivity contribution in [2.75, 3.05) is 23.7 Å². The molecule has 1 aromatic rings. The first-order valence-electron chi connectivity index (χ1n) is 6.73. The molecule has 0 radical (unpaired) electrons. The van der Waals surface area contributed by atoms with E-state index in [0.717, 1.165) is 19.0 Å². The molecule has 1 fully saturated rings. The summed E-state index contributed by atoms with van der Waals surface area (Å²) in [6, 6.07) is 0.459. The van der Waals surface area contributed by atoms with Crippen LogP contribution >= 0.6 is 0 Å². The largest absolute Gasteiger partial charge is 0.368 e. The van der Waals surface area contributed by atoms with Gasteiger partial charge in [0.2, 0.25) is 11.9 Å². The summed E-state index contributed by atoms with van der Waals surface area (Å²) in [7, 11) is 0. The molecule has 1 heterocycles. The Morgan fingerprint density at radius 2 is 1.88 bits per heavy atom. The lowest BCUT2D eigenvalue weighted by molar-refractivity contribution is 0.333. The summed E-state index contributed by atoms with van der Waals surface area (Å²) in [4.78, 5) is 6.52. The molecule has 0 amide bonds. The third-order valence-electron chi connectivity index (χ3n) is 3.61. The van der Waals surface area contributed by atoms with E-state index >= 15 is 0 Å². The highest BCUT2D eigenvalue weighted by atomic mass is 15.5. The molecule has 0 unspecified atom stereocenters. The second-order valence-corrected chi connectivity index (χ2v) is 4.68. The lowest BCUT2D eigenvalue weighted by Gasteiger charge is -2.22. The van der Waals surface area contributed by atoms with Gasteiger partial charge >= 0.3 is 0 Å². The van der Waals surface area contributed by atoms with Gasteiger partial charge < -0.3 is 10.6 Å². The Morgan fingerprint density at radius 1 is 1.24 bits per heavy atom. The first-order chi connectivity index (χ1) is 8.26. The molecule has 1 saturated carbocycles.